The lowest BCUT2D eigenvalue weighted by Gasteiger charge is -2.28. The van der Waals surface area contributed by atoms with Crippen LogP contribution in [0.3, 0.4) is 0 Å². The van der Waals surface area contributed by atoms with Crippen molar-refractivity contribution in [1.82, 2.24) is 0 Å². The van der Waals surface area contributed by atoms with Crippen LogP contribution >= 0.6 is 0 Å². The molecule has 102 valence electrons. The van der Waals surface area contributed by atoms with E-state index < -0.39 is 5.97 Å². The molecule has 3 rings (SSSR count). The lowest BCUT2D eigenvalue weighted by Crippen LogP contribution is -2.18. The van der Waals surface area contributed by atoms with Gasteiger partial charge in [0.25, 0.3) is 0 Å². The molecule has 1 aromatic carbocycles. The van der Waals surface area contributed by atoms with Crippen LogP contribution in [0, 0.1) is 0 Å². The Bertz CT molecular complexity index is 498. The Kier molecular flexibility index (Phi) is 2.97. The molecule has 19 heavy (non-hydrogen) atoms. The molecule has 1 aromatic rings. The number of benzene rings is 1. The Balaban J connectivity index is 2.21. The van der Waals surface area contributed by atoms with Crippen molar-refractivity contribution in [2.75, 3.05) is 13.2 Å². The van der Waals surface area contributed by atoms with Gasteiger partial charge < -0.3 is 19.7 Å². The van der Waals surface area contributed by atoms with Crippen LogP contribution in [0.25, 0.3) is 0 Å². The molecule has 0 unspecified atom stereocenters. The topological polar surface area (TPSA) is 76.0 Å². The van der Waals surface area contributed by atoms with Gasteiger partial charge in [-0.2, -0.15) is 0 Å². The molecule has 0 spiro atoms. The van der Waals surface area contributed by atoms with Gasteiger partial charge in [-0.05, 0) is 25.7 Å². The predicted molar refractivity (Wildman–Crippen MR) is 67.1 cm³/mol. The highest BCUT2D eigenvalue weighted by Gasteiger charge is 2.29. The third-order valence-electron chi connectivity index (χ3n) is 3.65. The molecule has 0 saturated heterocycles. The first kappa shape index (κ1) is 12.1. The van der Waals surface area contributed by atoms with Crippen molar-refractivity contribution in [2.45, 2.75) is 32.1 Å². The van der Waals surface area contributed by atoms with E-state index in [1.54, 1.807) is 0 Å². The lowest BCUT2D eigenvalue weighted by atomic mass is 9.90. The number of rotatable bonds is 2. The molecular formula is C14H16O5. The molecule has 0 radical (unpaired) electrons. The molecule has 2 aliphatic heterocycles. The van der Waals surface area contributed by atoms with E-state index in [2.05, 4.69) is 0 Å². The Morgan fingerprint density at radius 2 is 1.68 bits per heavy atom. The fourth-order valence-electron chi connectivity index (χ4n) is 2.85. The lowest BCUT2D eigenvalue weighted by molar-refractivity contribution is -0.136. The first-order chi connectivity index (χ1) is 9.18. The van der Waals surface area contributed by atoms with Gasteiger partial charge in [0.05, 0.1) is 19.6 Å². The summed E-state index contributed by atoms with van der Waals surface area (Å²) in [4.78, 5) is 11.1. The van der Waals surface area contributed by atoms with E-state index >= 15 is 0 Å². The summed E-state index contributed by atoms with van der Waals surface area (Å²) in [7, 11) is 0. The van der Waals surface area contributed by atoms with Gasteiger partial charge >= 0.3 is 5.97 Å². The van der Waals surface area contributed by atoms with E-state index in [-0.39, 0.29) is 12.2 Å². The first-order valence-electron chi connectivity index (χ1n) is 6.55. The van der Waals surface area contributed by atoms with Gasteiger partial charge in [0, 0.05) is 16.7 Å². The average Bonchev–Trinajstić information content (AvgIpc) is 2.43. The van der Waals surface area contributed by atoms with Crippen molar-refractivity contribution in [3.05, 3.63) is 16.7 Å². The molecule has 2 N–H and O–H groups in total. The zero-order valence-corrected chi connectivity index (χ0v) is 10.6. The highest BCUT2D eigenvalue weighted by molar-refractivity contribution is 5.75. The van der Waals surface area contributed by atoms with Crippen LogP contribution in [-0.2, 0) is 24.1 Å². The number of phenols is 1. The second-order valence-corrected chi connectivity index (χ2v) is 4.92. The summed E-state index contributed by atoms with van der Waals surface area (Å²) in [5.41, 5.74) is 2.17. The van der Waals surface area contributed by atoms with E-state index in [4.69, 9.17) is 14.6 Å². The zero-order valence-electron chi connectivity index (χ0n) is 10.6. The van der Waals surface area contributed by atoms with Gasteiger partial charge in [0.2, 0.25) is 0 Å². The number of aromatic hydroxyl groups is 1. The molecule has 0 aromatic heterocycles. The number of aliphatic carboxylic acids is 1. The monoisotopic (exact) mass is 264 g/mol. The molecule has 0 saturated carbocycles. The van der Waals surface area contributed by atoms with Gasteiger partial charge in [-0.3, -0.25) is 4.79 Å². The number of carbonyl (C=O) groups is 1. The smallest absolute Gasteiger partial charge is 0.307 e. The van der Waals surface area contributed by atoms with Crippen molar-refractivity contribution in [2.24, 2.45) is 0 Å². The van der Waals surface area contributed by atoms with Gasteiger partial charge in [0.15, 0.2) is 11.5 Å². The number of hydrogen-bond donors (Lipinski definition) is 2. The summed E-state index contributed by atoms with van der Waals surface area (Å²) in [5.74, 6) is 0.274. The second-order valence-electron chi connectivity index (χ2n) is 4.92. The maximum Gasteiger partial charge on any atom is 0.307 e. The third-order valence-corrected chi connectivity index (χ3v) is 3.65. The largest absolute Gasteiger partial charge is 0.504 e. The minimum Gasteiger partial charge on any atom is -0.504 e. The van der Waals surface area contributed by atoms with Crippen molar-refractivity contribution < 1.29 is 24.5 Å². The van der Waals surface area contributed by atoms with Crippen LogP contribution < -0.4 is 9.47 Å². The normalized spacial score (nSPS) is 16.8. The number of carboxylic acids is 1. The SMILES string of the molecule is O=C(O)Cc1c2c(c(O)c3c1OCCC3)OCCC2. The van der Waals surface area contributed by atoms with Crippen LogP contribution in [0.5, 0.6) is 17.2 Å². The van der Waals surface area contributed by atoms with Crippen molar-refractivity contribution in [3.63, 3.8) is 0 Å². The molecule has 0 aliphatic carbocycles. The van der Waals surface area contributed by atoms with Crippen molar-refractivity contribution in [1.29, 1.82) is 0 Å². The summed E-state index contributed by atoms with van der Waals surface area (Å²) in [6, 6.07) is 0. The van der Waals surface area contributed by atoms with E-state index in [9.17, 15) is 9.90 Å². The maximum atomic E-state index is 11.1. The first-order valence-corrected chi connectivity index (χ1v) is 6.55. The van der Waals surface area contributed by atoms with Crippen LogP contribution in [0.4, 0.5) is 0 Å². The molecule has 5 heteroatoms. The molecule has 2 heterocycles. The Morgan fingerprint density at radius 1 is 1.05 bits per heavy atom. The van der Waals surface area contributed by atoms with E-state index in [0.717, 1.165) is 24.8 Å². The number of ether oxygens (including phenoxy) is 2. The quantitative estimate of drug-likeness (QED) is 0.849. The van der Waals surface area contributed by atoms with Crippen molar-refractivity contribution >= 4 is 5.97 Å². The van der Waals surface area contributed by atoms with E-state index in [1.807, 2.05) is 0 Å². The van der Waals surface area contributed by atoms with Gasteiger partial charge in [0.1, 0.15) is 5.75 Å². The summed E-state index contributed by atoms with van der Waals surface area (Å²) < 4.78 is 11.2. The van der Waals surface area contributed by atoms with Crippen molar-refractivity contribution in [3.8, 4) is 17.2 Å². The standard InChI is InChI=1S/C14H16O5/c15-11(16)7-10-8-3-1-6-19-14(8)12(17)9-4-2-5-18-13(9)10/h17H,1-7H2,(H,15,16). The number of fused-ring (bicyclic) bond motifs is 2. The molecule has 5 nitrogen and oxygen atoms in total. The molecule has 0 bridgehead atoms. The summed E-state index contributed by atoms with van der Waals surface area (Å²) >= 11 is 0. The van der Waals surface area contributed by atoms with Crippen LogP contribution in [0.1, 0.15) is 29.5 Å². The van der Waals surface area contributed by atoms with Gasteiger partial charge in [-0.25, -0.2) is 0 Å². The van der Waals surface area contributed by atoms with Gasteiger partial charge in [-0.15, -0.1) is 0 Å². The van der Waals surface area contributed by atoms with Crippen LogP contribution in [0.15, 0.2) is 0 Å². The fraction of sp³-hybridized carbons (Fsp3) is 0.500. The maximum absolute atomic E-state index is 11.1. The minimum absolute atomic E-state index is 0.0890. The Hall–Kier alpha value is -1.91. The Labute approximate surface area is 110 Å². The predicted octanol–water partition coefficient (Wildman–Crippen LogP) is 1.67. The van der Waals surface area contributed by atoms with Crippen LogP contribution in [-0.4, -0.2) is 29.4 Å². The number of phenolic OH excluding ortho intramolecular Hbond substituents is 1. The highest BCUT2D eigenvalue weighted by atomic mass is 16.5. The van der Waals surface area contributed by atoms with E-state index in [0.29, 0.717) is 42.3 Å². The summed E-state index contributed by atoms with van der Waals surface area (Å²) in [6.07, 6.45) is 2.99. The summed E-state index contributed by atoms with van der Waals surface area (Å²) in [6.45, 7) is 1.13. The number of carboxylic acid groups (broad SMARTS) is 1. The fourth-order valence-corrected chi connectivity index (χ4v) is 2.85. The molecule has 0 atom stereocenters. The molecule has 0 amide bonds. The third kappa shape index (κ3) is 1.99. The van der Waals surface area contributed by atoms with Gasteiger partial charge in [-0.1, -0.05) is 0 Å². The Morgan fingerprint density at radius 3 is 2.37 bits per heavy atom. The molecule has 0 fully saturated rings. The van der Waals surface area contributed by atoms with E-state index in [1.165, 1.54) is 0 Å². The minimum atomic E-state index is -0.894. The molecule has 2 aliphatic rings. The molecular weight excluding hydrogens is 248 g/mol. The zero-order chi connectivity index (χ0) is 13.4. The van der Waals surface area contributed by atoms with Crippen LogP contribution in [0.2, 0.25) is 0 Å². The average molecular weight is 264 g/mol. The highest BCUT2D eigenvalue weighted by Crippen LogP contribution is 2.47. The summed E-state index contributed by atoms with van der Waals surface area (Å²) in [5, 5.41) is 19.4. The number of hydrogen-bond acceptors (Lipinski definition) is 4. The second kappa shape index (κ2) is 4.64.